The van der Waals surface area contributed by atoms with Crippen LogP contribution in [0.5, 0.6) is 0 Å². The summed E-state index contributed by atoms with van der Waals surface area (Å²) in [5.74, 6) is -2.76. The van der Waals surface area contributed by atoms with Gasteiger partial charge in [0, 0.05) is 31.2 Å². The van der Waals surface area contributed by atoms with Gasteiger partial charge in [-0.3, -0.25) is 4.79 Å². The summed E-state index contributed by atoms with van der Waals surface area (Å²) in [6.45, 7) is 4.80. The number of rotatable bonds is 4. The van der Waals surface area contributed by atoms with Gasteiger partial charge in [-0.25, -0.2) is 18.7 Å². The number of carbonyl (C=O) groups excluding carboxylic acids is 1. The molecule has 8 heteroatoms. The van der Waals surface area contributed by atoms with Crippen LogP contribution in [-0.2, 0) is 10.2 Å². The van der Waals surface area contributed by atoms with Gasteiger partial charge in [-0.1, -0.05) is 13.0 Å². The number of amides is 1. The lowest BCUT2D eigenvalue weighted by molar-refractivity contribution is -0.127. The van der Waals surface area contributed by atoms with Crippen molar-refractivity contribution in [3.05, 3.63) is 30.7 Å². The third-order valence-corrected chi connectivity index (χ3v) is 6.81. The van der Waals surface area contributed by atoms with Gasteiger partial charge in [-0.05, 0) is 37.3 Å². The number of aromatic nitrogens is 3. The normalized spacial score (nSPS) is 30.9. The Labute approximate surface area is 161 Å². The Morgan fingerprint density at radius 3 is 2.96 bits per heavy atom. The van der Waals surface area contributed by atoms with Gasteiger partial charge in [0.1, 0.15) is 17.8 Å². The lowest BCUT2D eigenvalue weighted by Crippen LogP contribution is -2.44. The summed E-state index contributed by atoms with van der Waals surface area (Å²) in [7, 11) is 0. The minimum atomic E-state index is -2.66. The number of hydrogen-bond acceptors (Lipinski definition) is 4. The number of halogens is 2. The topological polar surface area (TPSA) is 73.9 Å². The van der Waals surface area contributed by atoms with Crippen LogP contribution in [0.25, 0.3) is 11.0 Å². The number of carbonyl (C=O) groups is 1. The molecule has 3 atom stereocenters. The number of likely N-dealkylation sites (tertiary alicyclic amines) is 1. The predicted octanol–water partition coefficient (Wildman–Crippen LogP) is 3.23. The molecule has 2 saturated carbocycles. The average molecular weight is 387 g/mol. The molecule has 5 rings (SSSR count). The van der Waals surface area contributed by atoms with E-state index in [1.165, 1.54) is 12.4 Å². The van der Waals surface area contributed by atoms with Gasteiger partial charge >= 0.3 is 0 Å². The number of piperidine rings is 1. The maximum absolute atomic E-state index is 14.6. The zero-order valence-corrected chi connectivity index (χ0v) is 15.5. The molecule has 0 radical (unpaired) electrons. The predicted molar refractivity (Wildman–Crippen MR) is 101 cm³/mol. The highest BCUT2D eigenvalue weighted by molar-refractivity contribution is 5.92. The van der Waals surface area contributed by atoms with Crippen LogP contribution in [0, 0.1) is 5.92 Å². The molecule has 2 aromatic heterocycles. The standard InChI is InChI=1S/C20H23F2N5O/c1-2-15(28)27-8-4-5-12(10-27)26-18-16-13(9-23-17(16)24-11-25-18)19-7-3-6-14(19)20(19,21)22/h2,9,11-12,14H,1,3-8,10H2,(H2,23,24,25,26)/t12?,14-,19-/m1/s1. The van der Waals surface area contributed by atoms with E-state index in [1.54, 1.807) is 11.1 Å². The van der Waals surface area contributed by atoms with Gasteiger partial charge in [0.2, 0.25) is 5.91 Å². The highest BCUT2D eigenvalue weighted by atomic mass is 19.3. The maximum atomic E-state index is 14.6. The molecule has 3 fully saturated rings. The van der Waals surface area contributed by atoms with E-state index in [1.807, 2.05) is 0 Å². The number of fused-ring (bicyclic) bond motifs is 2. The smallest absolute Gasteiger partial charge is 0.262 e. The molecule has 0 bridgehead atoms. The summed E-state index contributed by atoms with van der Waals surface area (Å²) in [4.78, 5) is 25.4. The van der Waals surface area contributed by atoms with Crippen LogP contribution in [0.1, 0.15) is 37.7 Å². The molecule has 3 aliphatic rings. The second kappa shape index (κ2) is 5.99. The summed E-state index contributed by atoms with van der Waals surface area (Å²) >= 11 is 0. The van der Waals surface area contributed by atoms with Gasteiger partial charge < -0.3 is 15.2 Å². The summed E-state index contributed by atoms with van der Waals surface area (Å²) in [6, 6.07) is 0.00934. The van der Waals surface area contributed by atoms with Crippen LogP contribution in [0.4, 0.5) is 14.6 Å². The van der Waals surface area contributed by atoms with Crippen molar-refractivity contribution < 1.29 is 13.6 Å². The molecule has 0 aromatic carbocycles. The Balaban J connectivity index is 1.49. The van der Waals surface area contributed by atoms with Gasteiger partial charge in [0.05, 0.1) is 10.8 Å². The molecule has 1 amide bonds. The molecule has 28 heavy (non-hydrogen) atoms. The second-order valence-corrected chi connectivity index (χ2v) is 8.16. The quantitative estimate of drug-likeness (QED) is 0.790. The van der Waals surface area contributed by atoms with E-state index in [9.17, 15) is 13.6 Å². The first-order valence-corrected chi connectivity index (χ1v) is 9.87. The third-order valence-electron chi connectivity index (χ3n) is 6.81. The Bertz CT molecular complexity index is 957. The van der Waals surface area contributed by atoms with E-state index < -0.39 is 17.3 Å². The van der Waals surface area contributed by atoms with Crippen molar-refractivity contribution >= 4 is 22.8 Å². The van der Waals surface area contributed by atoms with Gasteiger partial charge in [0.15, 0.2) is 0 Å². The molecular formula is C20H23F2N5O. The maximum Gasteiger partial charge on any atom is 0.262 e. The van der Waals surface area contributed by atoms with E-state index in [0.29, 0.717) is 48.3 Å². The van der Waals surface area contributed by atoms with E-state index in [0.717, 1.165) is 19.3 Å². The zero-order chi connectivity index (χ0) is 19.5. The zero-order valence-electron chi connectivity index (χ0n) is 15.5. The van der Waals surface area contributed by atoms with E-state index in [-0.39, 0.29) is 11.9 Å². The van der Waals surface area contributed by atoms with Crippen LogP contribution in [0.2, 0.25) is 0 Å². The SMILES string of the molecule is C=CC(=O)N1CCCC(Nc2ncnc3[nH]cc([C@]45CCC[C@H]4C5(F)F)c23)C1. The van der Waals surface area contributed by atoms with Gasteiger partial charge in [-0.2, -0.15) is 0 Å². The van der Waals surface area contributed by atoms with E-state index >= 15 is 0 Å². The number of H-pyrrole nitrogens is 1. The van der Waals surface area contributed by atoms with Crippen molar-refractivity contribution in [3.8, 4) is 0 Å². The minimum Gasteiger partial charge on any atom is -0.365 e. The summed E-state index contributed by atoms with van der Waals surface area (Å²) in [5, 5.41) is 4.07. The molecule has 148 valence electrons. The lowest BCUT2D eigenvalue weighted by Gasteiger charge is -2.33. The van der Waals surface area contributed by atoms with Gasteiger partial charge in [-0.15, -0.1) is 0 Å². The van der Waals surface area contributed by atoms with E-state index in [2.05, 4.69) is 26.8 Å². The minimum absolute atomic E-state index is 0.00934. The summed E-state index contributed by atoms with van der Waals surface area (Å²) < 4.78 is 29.3. The fourth-order valence-corrected chi connectivity index (χ4v) is 5.43. The van der Waals surface area contributed by atoms with Crippen molar-refractivity contribution in [1.29, 1.82) is 0 Å². The number of nitrogens with one attached hydrogen (secondary N) is 2. The molecule has 3 heterocycles. The molecule has 6 nitrogen and oxygen atoms in total. The fraction of sp³-hybridized carbons (Fsp3) is 0.550. The fourth-order valence-electron chi connectivity index (χ4n) is 5.43. The van der Waals surface area contributed by atoms with Crippen LogP contribution in [-0.4, -0.2) is 50.8 Å². The first-order chi connectivity index (χ1) is 13.5. The Morgan fingerprint density at radius 1 is 1.36 bits per heavy atom. The largest absolute Gasteiger partial charge is 0.365 e. The summed E-state index contributed by atoms with van der Waals surface area (Å²) in [5.41, 5.74) is 0.127. The molecule has 0 spiro atoms. The Hall–Kier alpha value is -2.51. The highest BCUT2D eigenvalue weighted by Crippen LogP contribution is 2.75. The lowest BCUT2D eigenvalue weighted by atomic mass is 9.92. The summed E-state index contributed by atoms with van der Waals surface area (Å²) in [6.07, 6.45) is 8.10. The van der Waals surface area contributed by atoms with Crippen molar-refractivity contribution in [2.75, 3.05) is 18.4 Å². The van der Waals surface area contributed by atoms with E-state index in [4.69, 9.17) is 0 Å². The first-order valence-electron chi connectivity index (χ1n) is 9.87. The first kappa shape index (κ1) is 17.6. The van der Waals surface area contributed by atoms with Crippen molar-refractivity contribution in [2.24, 2.45) is 5.92 Å². The Morgan fingerprint density at radius 2 is 2.21 bits per heavy atom. The number of nitrogens with zero attached hydrogens (tertiary/aromatic N) is 3. The number of alkyl halides is 2. The molecule has 2 aromatic rings. The Kier molecular flexibility index (Phi) is 3.76. The molecule has 1 unspecified atom stereocenters. The molecule has 2 N–H and O–H groups in total. The van der Waals surface area contributed by atoms with Crippen LogP contribution >= 0.6 is 0 Å². The van der Waals surface area contributed by atoms with Gasteiger partial charge in [0.25, 0.3) is 5.92 Å². The molecule has 1 aliphatic heterocycles. The number of hydrogen-bond donors (Lipinski definition) is 2. The van der Waals surface area contributed by atoms with Crippen LogP contribution in [0.3, 0.4) is 0 Å². The number of anilines is 1. The highest BCUT2D eigenvalue weighted by Gasteiger charge is 2.82. The van der Waals surface area contributed by atoms with Crippen molar-refractivity contribution in [3.63, 3.8) is 0 Å². The van der Waals surface area contributed by atoms with Crippen LogP contribution < -0.4 is 5.32 Å². The van der Waals surface area contributed by atoms with Crippen molar-refractivity contribution in [1.82, 2.24) is 19.9 Å². The van der Waals surface area contributed by atoms with Crippen molar-refractivity contribution in [2.45, 2.75) is 49.5 Å². The molecule has 2 aliphatic carbocycles. The monoisotopic (exact) mass is 387 g/mol. The number of aromatic amines is 1. The third kappa shape index (κ3) is 2.26. The van der Waals surface area contributed by atoms with Crippen LogP contribution in [0.15, 0.2) is 25.2 Å². The molecule has 1 saturated heterocycles. The second-order valence-electron chi connectivity index (χ2n) is 8.16. The molecular weight excluding hydrogens is 364 g/mol. The average Bonchev–Trinajstić information content (AvgIpc) is 3.15.